The molecule has 1 unspecified atom stereocenters. The van der Waals surface area contributed by atoms with Gasteiger partial charge in [-0.2, -0.15) is 5.26 Å². The second kappa shape index (κ2) is 9.42. The van der Waals surface area contributed by atoms with Gasteiger partial charge in [-0.3, -0.25) is 14.3 Å². The first-order valence-electron chi connectivity index (χ1n) is 10.4. The fourth-order valence-corrected chi connectivity index (χ4v) is 4.39. The van der Waals surface area contributed by atoms with Crippen LogP contribution in [0.4, 0.5) is 4.79 Å². The van der Waals surface area contributed by atoms with Crippen LogP contribution in [0.1, 0.15) is 58.0 Å². The Balaban J connectivity index is 2.51. The van der Waals surface area contributed by atoms with Crippen LogP contribution >= 0.6 is 23.2 Å². The first kappa shape index (κ1) is 24.6. The van der Waals surface area contributed by atoms with E-state index in [4.69, 9.17) is 28.2 Å². The van der Waals surface area contributed by atoms with E-state index in [0.717, 1.165) is 0 Å². The lowest BCUT2D eigenvalue weighted by Gasteiger charge is -2.40. The van der Waals surface area contributed by atoms with E-state index in [1.54, 1.807) is 51.1 Å². The van der Waals surface area contributed by atoms with Crippen molar-refractivity contribution in [3.8, 4) is 11.8 Å². The van der Waals surface area contributed by atoms with Crippen molar-refractivity contribution in [1.29, 1.82) is 5.26 Å². The van der Waals surface area contributed by atoms with E-state index in [1.807, 2.05) is 6.92 Å². The van der Waals surface area contributed by atoms with Crippen LogP contribution in [0.2, 0.25) is 10.0 Å². The first-order chi connectivity index (χ1) is 15.5. The Morgan fingerprint density at radius 1 is 1.24 bits per heavy atom. The number of carbonyl (C=O) groups is 1. The van der Waals surface area contributed by atoms with Crippen molar-refractivity contribution in [2.75, 3.05) is 0 Å². The van der Waals surface area contributed by atoms with E-state index in [-0.39, 0.29) is 26.8 Å². The Bertz CT molecular complexity index is 1320. The van der Waals surface area contributed by atoms with Crippen LogP contribution in [0, 0.1) is 11.3 Å². The molecule has 1 atom stereocenters. The van der Waals surface area contributed by atoms with Gasteiger partial charge in [0.05, 0.1) is 44.3 Å². The molecule has 0 aliphatic rings. The van der Waals surface area contributed by atoms with Gasteiger partial charge in [-0.15, -0.1) is 0 Å². The largest absolute Gasteiger partial charge is 0.465 e. The zero-order valence-electron chi connectivity index (χ0n) is 18.8. The van der Waals surface area contributed by atoms with Gasteiger partial charge < -0.3 is 5.11 Å². The maximum atomic E-state index is 13.8. The molecule has 172 valence electrons. The fourth-order valence-electron chi connectivity index (χ4n) is 3.96. The minimum absolute atomic E-state index is 0.128. The summed E-state index contributed by atoms with van der Waals surface area (Å²) >= 11 is 12.8. The second-order valence-electron chi connectivity index (χ2n) is 8.65. The van der Waals surface area contributed by atoms with Crippen molar-refractivity contribution >= 4 is 40.2 Å². The lowest BCUT2D eigenvalue weighted by atomic mass is 9.99. The molecular formula is C24H24Cl2N4O3. The molecule has 1 aromatic heterocycles. The molecule has 3 aromatic rings. The maximum absolute atomic E-state index is 13.8. The van der Waals surface area contributed by atoms with E-state index >= 15 is 0 Å². The van der Waals surface area contributed by atoms with Crippen LogP contribution < -0.4 is 5.56 Å². The number of hydrogen-bond acceptors (Lipinski definition) is 4. The Labute approximate surface area is 201 Å². The number of rotatable bonds is 5. The Morgan fingerprint density at radius 2 is 1.91 bits per heavy atom. The Kier molecular flexibility index (Phi) is 7.01. The maximum Gasteiger partial charge on any atom is 0.408 e. The number of aromatic nitrogens is 2. The average Bonchev–Trinajstić information content (AvgIpc) is 2.74. The van der Waals surface area contributed by atoms with Crippen molar-refractivity contribution in [2.24, 2.45) is 0 Å². The number of fused-ring (bicyclic) bond motifs is 1. The molecule has 0 fully saturated rings. The topological polar surface area (TPSA) is 99.2 Å². The van der Waals surface area contributed by atoms with Crippen molar-refractivity contribution in [2.45, 2.75) is 52.1 Å². The quantitative estimate of drug-likeness (QED) is 0.463. The summed E-state index contributed by atoms with van der Waals surface area (Å²) in [7, 11) is 0. The lowest BCUT2D eigenvalue weighted by molar-refractivity contribution is 0.0627. The molecule has 33 heavy (non-hydrogen) atoms. The summed E-state index contributed by atoms with van der Waals surface area (Å²) < 4.78 is 1.34. The lowest BCUT2D eigenvalue weighted by Crippen LogP contribution is -2.48. The third kappa shape index (κ3) is 4.68. The van der Waals surface area contributed by atoms with E-state index in [2.05, 4.69) is 6.07 Å². The normalized spacial score (nSPS) is 12.4. The summed E-state index contributed by atoms with van der Waals surface area (Å²) in [6.07, 6.45) is -0.0813. The molecule has 0 aliphatic carbocycles. The van der Waals surface area contributed by atoms with Gasteiger partial charge in [-0.1, -0.05) is 42.6 Å². The molecule has 1 heterocycles. The smallest absolute Gasteiger partial charge is 0.408 e. The number of nitriles is 1. The third-order valence-electron chi connectivity index (χ3n) is 5.28. The predicted molar refractivity (Wildman–Crippen MR) is 129 cm³/mol. The minimum Gasteiger partial charge on any atom is -0.465 e. The Morgan fingerprint density at radius 3 is 2.48 bits per heavy atom. The highest BCUT2D eigenvalue weighted by molar-refractivity contribution is 6.39. The molecule has 0 spiro atoms. The van der Waals surface area contributed by atoms with E-state index in [1.165, 1.54) is 15.5 Å². The second-order valence-corrected chi connectivity index (χ2v) is 9.47. The highest BCUT2D eigenvalue weighted by atomic mass is 35.5. The molecule has 9 heteroatoms. The van der Waals surface area contributed by atoms with Crippen LogP contribution in [-0.4, -0.2) is 31.2 Å². The molecule has 0 bridgehead atoms. The van der Waals surface area contributed by atoms with Crippen LogP contribution in [0.25, 0.3) is 16.6 Å². The first-order valence-corrected chi connectivity index (χ1v) is 11.2. The molecule has 1 N–H and O–H groups in total. The molecule has 3 rings (SSSR count). The van der Waals surface area contributed by atoms with Crippen molar-refractivity contribution < 1.29 is 9.90 Å². The number of amides is 1. The standard InChI is InChI=1S/C24H24Cl2N4O3/c1-5-7-18(30(23(32)33)24(2,3)4)21-28-20-17(26)11-10-16(25)19(20)22(31)29(21)15-9-6-8-14(12-15)13-27/h6,8-12,18H,5,7H2,1-4H3,(H,32,33). The number of hydrogen-bond donors (Lipinski definition) is 1. The molecule has 0 saturated heterocycles. The van der Waals surface area contributed by atoms with Crippen molar-refractivity contribution in [1.82, 2.24) is 14.5 Å². The fraction of sp³-hybridized carbons (Fsp3) is 0.333. The highest BCUT2D eigenvalue weighted by Crippen LogP contribution is 2.34. The number of nitrogens with zero attached hydrogens (tertiary/aromatic N) is 4. The monoisotopic (exact) mass is 486 g/mol. The van der Waals surface area contributed by atoms with E-state index in [0.29, 0.717) is 24.1 Å². The molecule has 2 aromatic carbocycles. The molecule has 0 radical (unpaired) electrons. The zero-order chi connectivity index (χ0) is 24.5. The van der Waals surface area contributed by atoms with Gasteiger partial charge in [0, 0.05) is 5.54 Å². The molecular weight excluding hydrogens is 463 g/mol. The molecule has 7 nitrogen and oxygen atoms in total. The van der Waals surface area contributed by atoms with Gasteiger partial charge in [0.1, 0.15) is 5.82 Å². The van der Waals surface area contributed by atoms with Crippen molar-refractivity contribution in [3.63, 3.8) is 0 Å². The third-order valence-corrected chi connectivity index (χ3v) is 5.90. The highest BCUT2D eigenvalue weighted by Gasteiger charge is 2.37. The van der Waals surface area contributed by atoms with Gasteiger partial charge in [-0.05, 0) is 57.5 Å². The van der Waals surface area contributed by atoms with Crippen LogP contribution in [0.3, 0.4) is 0 Å². The zero-order valence-corrected chi connectivity index (χ0v) is 20.3. The van der Waals surface area contributed by atoms with Crippen molar-refractivity contribution in [3.05, 3.63) is 68.2 Å². The summed E-state index contributed by atoms with van der Waals surface area (Å²) in [6.45, 7) is 7.29. The van der Waals surface area contributed by atoms with E-state index in [9.17, 15) is 20.0 Å². The van der Waals surface area contributed by atoms with Gasteiger partial charge in [0.25, 0.3) is 5.56 Å². The summed E-state index contributed by atoms with van der Waals surface area (Å²) in [6, 6.07) is 10.9. The SMILES string of the molecule is CCCC(c1nc2c(Cl)ccc(Cl)c2c(=O)n1-c1cccc(C#N)c1)N(C(=O)O)C(C)(C)C. The number of carboxylic acid groups (broad SMARTS) is 1. The Hall–Kier alpha value is -3.08. The van der Waals surface area contributed by atoms with E-state index < -0.39 is 23.2 Å². The molecule has 1 amide bonds. The van der Waals surface area contributed by atoms with Gasteiger partial charge >= 0.3 is 6.09 Å². The van der Waals surface area contributed by atoms with Gasteiger partial charge in [-0.25, -0.2) is 9.78 Å². The number of benzene rings is 2. The summed E-state index contributed by atoms with van der Waals surface area (Å²) in [4.78, 5) is 32.2. The summed E-state index contributed by atoms with van der Waals surface area (Å²) in [5.41, 5.74) is -0.328. The summed E-state index contributed by atoms with van der Waals surface area (Å²) in [5.74, 6) is 0.214. The predicted octanol–water partition coefficient (Wildman–Crippen LogP) is 6.18. The number of halogens is 2. The molecule has 0 aliphatic heterocycles. The van der Waals surface area contributed by atoms with Gasteiger partial charge in [0.2, 0.25) is 0 Å². The van der Waals surface area contributed by atoms with Gasteiger partial charge in [0.15, 0.2) is 0 Å². The van der Waals surface area contributed by atoms with Crippen LogP contribution in [0.15, 0.2) is 41.2 Å². The summed E-state index contributed by atoms with van der Waals surface area (Å²) in [5, 5.41) is 20.0. The van der Waals surface area contributed by atoms with Crippen LogP contribution in [-0.2, 0) is 0 Å². The molecule has 0 saturated carbocycles. The minimum atomic E-state index is -1.13. The van der Waals surface area contributed by atoms with Crippen LogP contribution in [0.5, 0.6) is 0 Å². The average molecular weight is 487 g/mol.